The highest BCUT2D eigenvalue weighted by Crippen LogP contribution is 2.30. The lowest BCUT2D eigenvalue weighted by Crippen LogP contribution is -2.46. The van der Waals surface area contributed by atoms with Crippen LogP contribution in [0.25, 0.3) is 0 Å². The van der Waals surface area contributed by atoms with Crippen molar-refractivity contribution >= 4 is 11.7 Å². The summed E-state index contributed by atoms with van der Waals surface area (Å²) < 4.78 is 44.7. The number of anilines is 1. The van der Waals surface area contributed by atoms with Crippen molar-refractivity contribution < 1.29 is 22.7 Å². The monoisotopic (exact) mass is 394 g/mol. The van der Waals surface area contributed by atoms with Crippen LogP contribution >= 0.6 is 0 Å². The van der Waals surface area contributed by atoms with Crippen molar-refractivity contribution in [3.63, 3.8) is 0 Å². The number of hydrogen-bond acceptors (Lipinski definition) is 4. The van der Waals surface area contributed by atoms with E-state index < -0.39 is 18.0 Å². The molecule has 1 aliphatic rings. The molecule has 1 aromatic carbocycles. The zero-order valence-corrected chi connectivity index (χ0v) is 15.1. The second-order valence-electron chi connectivity index (χ2n) is 6.53. The number of nitrogens with two attached hydrogens (primary N) is 1. The minimum atomic E-state index is -4.59. The Bertz CT molecular complexity index is 815. The van der Waals surface area contributed by atoms with E-state index in [2.05, 4.69) is 10.3 Å². The summed E-state index contributed by atoms with van der Waals surface area (Å²) in [4.78, 5) is 17.6. The van der Waals surface area contributed by atoms with Crippen molar-refractivity contribution in [2.75, 3.05) is 18.4 Å². The summed E-state index contributed by atoms with van der Waals surface area (Å²) in [5.74, 6) is -0.134. The molecule has 1 aromatic heterocycles. The van der Waals surface area contributed by atoms with Gasteiger partial charge < -0.3 is 20.7 Å². The first kappa shape index (κ1) is 19.9. The predicted molar refractivity (Wildman–Crippen MR) is 97.8 cm³/mol. The van der Waals surface area contributed by atoms with Gasteiger partial charge in [-0.2, -0.15) is 13.2 Å². The van der Waals surface area contributed by atoms with Gasteiger partial charge >= 0.3 is 12.2 Å². The van der Waals surface area contributed by atoms with Gasteiger partial charge in [0.25, 0.3) is 0 Å². The van der Waals surface area contributed by atoms with Crippen LogP contribution in [0.4, 0.5) is 23.7 Å². The lowest BCUT2D eigenvalue weighted by atomic mass is 10.1. The molecule has 6 nitrogen and oxygen atoms in total. The Balaban J connectivity index is 1.67. The Hall–Kier alpha value is -2.81. The number of ether oxygens (including phenoxy) is 1. The van der Waals surface area contributed by atoms with E-state index in [1.165, 1.54) is 6.07 Å². The van der Waals surface area contributed by atoms with Crippen LogP contribution in [-0.4, -0.2) is 35.1 Å². The second-order valence-corrected chi connectivity index (χ2v) is 6.53. The first-order valence-electron chi connectivity index (χ1n) is 8.91. The van der Waals surface area contributed by atoms with Crippen LogP contribution in [0, 0.1) is 0 Å². The van der Waals surface area contributed by atoms with Crippen LogP contribution in [0.1, 0.15) is 24.1 Å². The van der Waals surface area contributed by atoms with Gasteiger partial charge in [-0.3, -0.25) is 0 Å². The van der Waals surface area contributed by atoms with E-state index in [1.807, 2.05) is 18.2 Å². The van der Waals surface area contributed by atoms with Gasteiger partial charge in [0.1, 0.15) is 11.8 Å². The Labute approximate surface area is 160 Å². The number of benzene rings is 1. The van der Waals surface area contributed by atoms with Crippen LogP contribution in [0.15, 0.2) is 42.5 Å². The number of urea groups is 1. The molecule has 0 saturated carbocycles. The van der Waals surface area contributed by atoms with Gasteiger partial charge in [0.15, 0.2) is 0 Å². The maximum Gasteiger partial charge on any atom is 0.433 e. The fourth-order valence-electron chi connectivity index (χ4n) is 3.00. The lowest BCUT2D eigenvalue weighted by molar-refractivity contribution is -0.141. The lowest BCUT2D eigenvalue weighted by Gasteiger charge is -2.32. The van der Waals surface area contributed by atoms with Crippen molar-refractivity contribution in [2.45, 2.75) is 31.7 Å². The number of halogens is 3. The van der Waals surface area contributed by atoms with Gasteiger partial charge in [0, 0.05) is 24.8 Å². The first-order valence-corrected chi connectivity index (χ1v) is 8.91. The second kappa shape index (κ2) is 8.47. The Kier molecular flexibility index (Phi) is 6.03. The van der Waals surface area contributed by atoms with Crippen LogP contribution in [0.3, 0.4) is 0 Å². The molecule has 0 spiro atoms. The highest BCUT2D eigenvalue weighted by Gasteiger charge is 2.34. The molecule has 150 valence electrons. The largest absolute Gasteiger partial charge is 0.472 e. The van der Waals surface area contributed by atoms with Crippen LogP contribution < -0.4 is 15.8 Å². The van der Waals surface area contributed by atoms with Crippen LogP contribution in [0.2, 0.25) is 0 Å². The summed E-state index contributed by atoms with van der Waals surface area (Å²) in [6, 6.07) is 11.1. The number of pyridine rings is 1. The van der Waals surface area contributed by atoms with Gasteiger partial charge in [-0.15, -0.1) is 0 Å². The number of carbonyl (C=O) groups excluding carboxylic acids is 1. The molecule has 1 aliphatic heterocycles. The molecule has 0 aliphatic carbocycles. The normalized spacial score (nSPS) is 17.3. The Morgan fingerprint density at radius 2 is 2.04 bits per heavy atom. The molecule has 1 saturated heterocycles. The molecule has 28 heavy (non-hydrogen) atoms. The molecule has 2 amide bonds. The number of carbonyl (C=O) groups is 1. The smallest absolute Gasteiger partial charge is 0.433 e. The van der Waals surface area contributed by atoms with Crippen molar-refractivity contribution in [3.05, 3.63) is 53.7 Å². The van der Waals surface area contributed by atoms with Gasteiger partial charge in [-0.05, 0) is 36.6 Å². The third-order valence-electron chi connectivity index (χ3n) is 4.37. The molecule has 1 fully saturated rings. The van der Waals surface area contributed by atoms with Gasteiger partial charge in [0.05, 0.1) is 6.54 Å². The standard InChI is InChI=1S/C19H21F3N4O2/c20-19(21,22)16-9-13(11-23)10-17(25-16)28-15-7-4-8-26(12-15)18(27)24-14-5-2-1-3-6-14/h1-3,5-6,9-10,15H,4,7-8,11-12,23H2,(H,24,27)/t15-/m0/s1. The number of nitrogens with one attached hydrogen (secondary N) is 1. The summed E-state index contributed by atoms with van der Waals surface area (Å²) >= 11 is 0. The van der Waals surface area contributed by atoms with Crippen molar-refractivity contribution in [3.8, 4) is 5.88 Å². The number of rotatable bonds is 4. The molecule has 2 heterocycles. The third-order valence-corrected chi connectivity index (χ3v) is 4.37. The summed E-state index contributed by atoms with van der Waals surface area (Å²) in [7, 11) is 0. The Morgan fingerprint density at radius 3 is 2.71 bits per heavy atom. The third kappa shape index (κ3) is 5.13. The zero-order chi connectivity index (χ0) is 20.1. The summed E-state index contributed by atoms with van der Waals surface area (Å²) in [5, 5.41) is 2.79. The van der Waals surface area contributed by atoms with E-state index in [4.69, 9.17) is 10.5 Å². The van der Waals surface area contributed by atoms with Crippen molar-refractivity contribution in [1.29, 1.82) is 0 Å². The topological polar surface area (TPSA) is 80.5 Å². The molecule has 3 N–H and O–H groups in total. The molecule has 0 unspecified atom stereocenters. The van der Waals surface area contributed by atoms with Crippen LogP contribution in [0.5, 0.6) is 5.88 Å². The number of para-hydroxylation sites is 1. The number of amides is 2. The maximum absolute atomic E-state index is 13.0. The quantitative estimate of drug-likeness (QED) is 0.830. The van der Waals surface area contributed by atoms with Crippen molar-refractivity contribution in [2.24, 2.45) is 5.73 Å². The van der Waals surface area contributed by atoms with E-state index in [0.29, 0.717) is 25.1 Å². The molecule has 3 rings (SSSR count). The molecule has 2 aromatic rings. The minimum absolute atomic E-state index is 0.0573. The average molecular weight is 394 g/mol. The molecule has 1 atom stereocenters. The first-order chi connectivity index (χ1) is 13.3. The fourth-order valence-corrected chi connectivity index (χ4v) is 3.00. The SMILES string of the molecule is NCc1cc(O[C@H]2CCCN(C(=O)Nc3ccccc3)C2)nc(C(F)(F)F)c1. The predicted octanol–water partition coefficient (Wildman–Crippen LogP) is 3.63. The van der Waals surface area contributed by atoms with E-state index >= 15 is 0 Å². The molecular weight excluding hydrogens is 373 g/mol. The van der Waals surface area contributed by atoms with Gasteiger partial charge in [-0.25, -0.2) is 9.78 Å². The summed E-state index contributed by atoms with van der Waals surface area (Å²) in [5.41, 5.74) is 5.40. The fraction of sp³-hybridized carbons (Fsp3) is 0.368. The maximum atomic E-state index is 13.0. The summed E-state index contributed by atoms with van der Waals surface area (Å²) in [6.07, 6.45) is -3.74. The zero-order valence-electron chi connectivity index (χ0n) is 15.1. The van der Waals surface area contributed by atoms with E-state index in [-0.39, 0.29) is 30.6 Å². The highest BCUT2D eigenvalue weighted by molar-refractivity contribution is 5.89. The molecule has 0 bridgehead atoms. The van der Waals surface area contributed by atoms with E-state index in [9.17, 15) is 18.0 Å². The molecular formula is C19H21F3N4O2. The number of nitrogens with zero attached hydrogens (tertiary/aromatic N) is 2. The number of piperidine rings is 1. The number of aromatic nitrogens is 1. The van der Waals surface area contributed by atoms with Gasteiger partial charge in [0.2, 0.25) is 5.88 Å². The average Bonchev–Trinajstić information content (AvgIpc) is 2.68. The number of likely N-dealkylation sites (tertiary alicyclic amines) is 1. The number of hydrogen-bond donors (Lipinski definition) is 2. The van der Waals surface area contributed by atoms with Crippen molar-refractivity contribution in [1.82, 2.24) is 9.88 Å². The van der Waals surface area contributed by atoms with Crippen LogP contribution in [-0.2, 0) is 12.7 Å². The van der Waals surface area contributed by atoms with E-state index in [1.54, 1.807) is 17.0 Å². The Morgan fingerprint density at radius 1 is 1.29 bits per heavy atom. The van der Waals surface area contributed by atoms with E-state index in [0.717, 1.165) is 6.07 Å². The number of alkyl halides is 3. The minimum Gasteiger partial charge on any atom is -0.472 e. The molecule has 9 heteroatoms. The summed E-state index contributed by atoms with van der Waals surface area (Å²) in [6.45, 7) is 0.745. The molecule has 0 radical (unpaired) electrons. The van der Waals surface area contributed by atoms with Gasteiger partial charge in [-0.1, -0.05) is 18.2 Å². The highest BCUT2D eigenvalue weighted by atomic mass is 19.4.